The van der Waals surface area contributed by atoms with E-state index in [4.69, 9.17) is 12.5 Å². The molecule has 0 fully saturated rings. The van der Waals surface area contributed by atoms with Crippen LogP contribution in [0.1, 0.15) is 20.8 Å². The zero-order valence-corrected chi connectivity index (χ0v) is 19.2. The first-order chi connectivity index (χ1) is 13.1. The lowest BCUT2D eigenvalue weighted by Gasteiger charge is -2.43. The molecule has 154 valence electrons. The highest BCUT2D eigenvalue weighted by Gasteiger charge is 2.41. The van der Waals surface area contributed by atoms with Crippen LogP contribution in [0.15, 0.2) is 34.2 Å². The van der Waals surface area contributed by atoms with Crippen molar-refractivity contribution in [2.24, 2.45) is 0 Å². The van der Waals surface area contributed by atoms with Gasteiger partial charge in [0.25, 0.3) is 0 Å². The Labute approximate surface area is 182 Å². The van der Waals surface area contributed by atoms with Crippen LogP contribution in [0.3, 0.4) is 0 Å². The van der Waals surface area contributed by atoms with Crippen LogP contribution in [0.25, 0.3) is 0 Å². The second-order valence-corrected chi connectivity index (χ2v) is 8.50. The van der Waals surface area contributed by atoms with Gasteiger partial charge in [-0.25, -0.2) is 0 Å². The Hall–Kier alpha value is -0.190. The van der Waals surface area contributed by atoms with Crippen molar-refractivity contribution in [2.75, 3.05) is 14.1 Å². The third-order valence-electron chi connectivity index (χ3n) is 5.89. The third kappa shape index (κ3) is 4.59. The van der Waals surface area contributed by atoms with Gasteiger partial charge in [-0.2, -0.15) is 0 Å². The molecule has 0 bridgehead atoms. The maximum Gasteiger partial charge on any atom is 0.321 e. The van der Waals surface area contributed by atoms with Gasteiger partial charge in [-0.3, -0.25) is 9.44 Å². The average Bonchev–Trinajstić information content (AvgIpc) is 2.64. The molecule has 0 aromatic rings. The summed E-state index contributed by atoms with van der Waals surface area (Å²) in [7, 11) is 10.1. The molecule has 5 atom stereocenters. The van der Waals surface area contributed by atoms with E-state index in [1.54, 1.807) is 6.92 Å². The van der Waals surface area contributed by atoms with Crippen molar-refractivity contribution >= 4 is 40.4 Å². The van der Waals surface area contributed by atoms with Crippen LogP contribution >= 0.6 is 25.6 Å². The predicted octanol–water partition coefficient (Wildman–Crippen LogP) is 0.408. The van der Waals surface area contributed by atoms with Crippen molar-refractivity contribution in [1.82, 2.24) is 20.1 Å². The summed E-state index contributed by atoms with van der Waals surface area (Å²) in [6.45, 7) is 7.27. The van der Waals surface area contributed by atoms with Gasteiger partial charge < -0.3 is 20.4 Å². The highest BCUT2D eigenvalue weighted by Crippen LogP contribution is 2.36. The van der Waals surface area contributed by atoms with Gasteiger partial charge in [-0.05, 0) is 46.0 Å². The molecule has 5 N–H and O–H groups in total. The largest absolute Gasteiger partial charge is 0.424 e. The second-order valence-electron chi connectivity index (χ2n) is 7.99. The lowest BCUT2D eigenvalue weighted by molar-refractivity contribution is -0.0190. The zero-order chi connectivity index (χ0) is 21.2. The molecule has 0 aromatic carbocycles. The molecule has 0 heterocycles. The third-order valence-corrected chi connectivity index (χ3v) is 6.45. The first-order valence-electron chi connectivity index (χ1n) is 9.55. The maximum absolute atomic E-state index is 10.1. The van der Waals surface area contributed by atoms with Gasteiger partial charge in [0.15, 0.2) is 0 Å². The molecular formula is C18H32B2N4O2S2. The minimum Gasteiger partial charge on any atom is -0.424 e. The highest BCUT2D eigenvalue weighted by molar-refractivity contribution is 7.78. The van der Waals surface area contributed by atoms with Crippen LogP contribution in [0.5, 0.6) is 0 Å². The lowest BCUT2D eigenvalue weighted by atomic mass is 9.55. The van der Waals surface area contributed by atoms with Crippen molar-refractivity contribution in [1.29, 1.82) is 0 Å². The predicted molar refractivity (Wildman–Crippen MR) is 125 cm³/mol. The van der Waals surface area contributed by atoms with Crippen LogP contribution in [-0.2, 0) is 4.65 Å². The van der Waals surface area contributed by atoms with Crippen molar-refractivity contribution in [3.05, 3.63) is 34.2 Å². The SMILES string of the molecule is [B]C1=CC2=C(C=C(B(C)OC(C)(C)C(C)O)C(NS)C2NC)C(NS)C1NC. The lowest BCUT2D eigenvalue weighted by Crippen LogP contribution is -2.56. The quantitative estimate of drug-likeness (QED) is 0.227. The van der Waals surface area contributed by atoms with Crippen LogP contribution in [0.4, 0.5) is 0 Å². The van der Waals surface area contributed by atoms with E-state index in [-0.39, 0.29) is 31.1 Å². The van der Waals surface area contributed by atoms with E-state index in [0.29, 0.717) is 0 Å². The van der Waals surface area contributed by atoms with Crippen molar-refractivity contribution in [3.8, 4) is 0 Å². The Bertz CT molecular complexity index is 670. The van der Waals surface area contributed by atoms with Crippen LogP contribution in [0.2, 0.25) is 6.82 Å². The molecule has 0 amide bonds. The van der Waals surface area contributed by atoms with Gasteiger partial charge >= 0.3 is 6.92 Å². The van der Waals surface area contributed by atoms with Gasteiger partial charge in [0, 0.05) is 6.04 Å². The summed E-state index contributed by atoms with van der Waals surface area (Å²) in [5.41, 5.74) is 3.30. The van der Waals surface area contributed by atoms with E-state index < -0.39 is 11.7 Å². The summed E-state index contributed by atoms with van der Waals surface area (Å²) in [6.07, 6.45) is 3.56. The van der Waals surface area contributed by atoms with Gasteiger partial charge in [0.05, 0.1) is 29.8 Å². The van der Waals surface area contributed by atoms with E-state index in [9.17, 15) is 5.11 Å². The summed E-state index contributed by atoms with van der Waals surface area (Å²) in [6, 6.07) is -0.328. The molecule has 2 rings (SSSR count). The average molecular weight is 422 g/mol. The maximum atomic E-state index is 10.1. The Morgan fingerprint density at radius 3 is 2.07 bits per heavy atom. The van der Waals surface area contributed by atoms with E-state index in [1.807, 2.05) is 40.8 Å². The molecule has 2 radical (unpaired) electrons. The van der Waals surface area contributed by atoms with Crippen molar-refractivity contribution in [3.63, 3.8) is 0 Å². The van der Waals surface area contributed by atoms with E-state index in [2.05, 4.69) is 51.8 Å². The fourth-order valence-electron chi connectivity index (χ4n) is 3.93. The normalized spacial score (nSPS) is 29.2. The summed E-state index contributed by atoms with van der Waals surface area (Å²) in [5, 5.41) is 16.7. The summed E-state index contributed by atoms with van der Waals surface area (Å²) < 4.78 is 12.5. The number of likely N-dealkylation sites (N-methyl/N-ethyl adjacent to an activating group) is 2. The number of thiol groups is 2. The van der Waals surface area contributed by atoms with Gasteiger partial charge in [0.2, 0.25) is 0 Å². The van der Waals surface area contributed by atoms with E-state index in [0.717, 1.165) is 22.1 Å². The molecule has 0 saturated heterocycles. The number of hydrogen-bond donors (Lipinski definition) is 7. The number of hydrogen-bond acceptors (Lipinski definition) is 8. The molecule has 2 aliphatic rings. The fourth-order valence-corrected chi connectivity index (χ4v) is 4.52. The van der Waals surface area contributed by atoms with Gasteiger partial charge in [0.1, 0.15) is 7.85 Å². The molecule has 5 unspecified atom stereocenters. The van der Waals surface area contributed by atoms with Gasteiger partial charge in [-0.15, -0.1) is 0 Å². The molecule has 10 heteroatoms. The molecule has 0 spiro atoms. The van der Waals surface area contributed by atoms with Crippen molar-refractivity contribution in [2.45, 2.75) is 63.5 Å². The number of nitrogens with one attached hydrogen (secondary N) is 4. The molecule has 2 aliphatic carbocycles. The minimum atomic E-state index is -0.684. The highest BCUT2D eigenvalue weighted by atomic mass is 32.1. The Balaban J connectivity index is 2.53. The van der Waals surface area contributed by atoms with Crippen LogP contribution in [-0.4, -0.2) is 69.8 Å². The minimum absolute atomic E-state index is 0.0475. The fraction of sp³-hybridized carbons (Fsp3) is 0.667. The molecule has 28 heavy (non-hydrogen) atoms. The first-order valence-corrected chi connectivity index (χ1v) is 10.4. The van der Waals surface area contributed by atoms with Crippen molar-refractivity contribution < 1.29 is 9.76 Å². The number of aliphatic hydroxyl groups excluding tert-OH is 1. The molecule has 0 aromatic heterocycles. The number of aliphatic hydroxyl groups is 1. The topological polar surface area (TPSA) is 77.6 Å². The second kappa shape index (κ2) is 9.74. The molecule has 0 saturated carbocycles. The standard InChI is InChI=1S/C18H32B2N4O2S2/c1-9(25)18(2,3)26-20(4)13-8-11-10(14(21-5)17(13)24-28)7-12(19)16(22-6)15(11)23-27/h7-9,14-17,21-25,27-28H,1-6H3. The Morgan fingerprint density at radius 1 is 1.07 bits per heavy atom. The smallest absolute Gasteiger partial charge is 0.321 e. The molecule has 0 aliphatic heterocycles. The Morgan fingerprint density at radius 2 is 1.61 bits per heavy atom. The van der Waals surface area contributed by atoms with Gasteiger partial charge in [-0.1, -0.05) is 55.5 Å². The molecular weight excluding hydrogens is 390 g/mol. The van der Waals surface area contributed by atoms with E-state index in [1.165, 1.54) is 0 Å². The summed E-state index contributed by atoms with van der Waals surface area (Å²) in [4.78, 5) is 0. The van der Waals surface area contributed by atoms with Crippen LogP contribution in [0, 0.1) is 0 Å². The summed E-state index contributed by atoms with van der Waals surface area (Å²) >= 11 is 8.75. The first kappa shape index (κ1) is 24.1. The molecule has 6 nitrogen and oxygen atoms in total. The number of rotatable bonds is 8. The Kier molecular flexibility index (Phi) is 8.38. The monoisotopic (exact) mass is 422 g/mol. The van der Waals surface area contributed by atoms with Crippen LogP contribution < -0.4 is 20.1 Å². The zero-order valence-electron chi connectivity index (χ0n) is 17.4. The van der Waals surface area contributed by atoms with E-state index >= 15 is 0 Å². The summed E-state index contributed by atoms with van der Waals surface area (Å²) in [5.74, 6) is 0.